The smallest absolute Gasteiger partial charge is 0.403 e. The van der Waals surface area contributed by atoms with Crippen molar-refractivity contribution in [2.24, 2.45) is 0 Å². The largest absolute Gasteiger partial charge is 0.463 e. The molecule has 4 nitrogen and oxygen atoms in total. The van der Waals surface area contributed by atoms with E-state index in [1.165, 1.54) is 0 Å². The maximum absolute atomic E-state index is 10.8. The fourth-order valence-corrected chi connectivity index (χ4v) is 0.749. The molecule has 0 fully saturated rings. The molecule has 76 valence electrons. The van der Waals surface area contributed by atoms with Crippen LogP contribution in [0, 0.1) is 0 Å². The SMILES string of the molecule is CCC(=O)O[C@H](C)CCOC(=O)Cl. The van der Waals surface area contributed by atoms with E-state index in [9.17, 15) is 9.59 Å². The van der Waals surface area contributed by atoms with Crippen molar-refractivity contribution in [1.82, 2.24) is 0 Å². The second-order valence-corrected chi connectivity index (χ2v) is 2.84. The van der Waals surface area contributed by atoms with Gasteiger partial charge in [0.1, 0.15) is 6.10 Å². The van der Waals surface area contributed by atoms with Crippen LogP contribution in [0.15, 0.2) is 0 Å². The molecule has 0 N–H and O–H groups in total. The van der Waals surface area contributed by atoms with Gasteiger partial charge in [0.05, 0.1) is 6.61 Å². The molecule has 0 aromatic heterocycles. The van der Waals surface area contributed by atoms with Crippen LogP contribution < -0.4 is 0 Å². The van der Waals surface area contributed by atoms with E-state index in [-0.39, 0.29) is 18.7 Å². The Balaban J connectivity index is 3.45. The summed E-state index contributed by atoms with van der Waals surface area (Å²) in [5.41, 5.74) is -0.839. The summed E-state index contributed by atoms with van der Waals surface area (Å²) in [6.07, 6.45) is 0.563. The van der Waals surface area contributed by atoms with Gasteiger partial charge in [-0.1, -0.05) is 6.92 Å². The summed E-state index contributed by atoms with van der Waals surface area (Å²) in [6.45, 7) is 3.62. The van der Waals surface area contributed by atoms with Crippen molar-refractivity contribution >= 4 is 23.0 Å². The van der Waals surface area contributed by atoms with Gasteiger partial charge < -0.3 is 9.47 Å². The second kappa shape index (κ2) is 6.71. The molecule has 0 radical (unpaired) electrons. The molecule has 0 bridgehead atoms. The van der Waals surface area contributed by atoms with E-state index in [1.54, 1.807) is 13.8 Å². The zero-order valence-electron chi connectivity index (χ0n) is 7.71. The van der Waals surface area contributed by atoms with Crippen molar-refractivity contribution in [2.75, 3.05) is 6.61 Å². The Morgan fingerprint density at radius 2 is 2.08 bits per heavy atom. The third-order valence-electron chi connectivity index (χ3n) is 1.36. The highest BCUT2D eigenvalue weighted by atomic mass is 35.5. The highest BCUT2D eigenvalue weighted by Gasteiger charge is 2.07. The van der Waals surface area contributed by atoms with Crippen LogP contribution in [0.4, 0.5) is 4.79 Å². The summed E-state index contributed by atoms with van der Waals surface area (Å²) in [7, 11) is 0. The van der Waals surface area contributed by atoms with Gasteiger partial charge >= 0.3 is 11.4 Å². The number of ether oxygens (including phenoxy) is 2. The molecule has 0 unspecified atom stereocenters. The van der Waals surface area contributed by atoms with Crippen molar-refractivity contribution in [3.63, 3.8) is 0 Å². The number of hydrogen-bond donors (Lipinski definition) is 0. The van der Waals surface area contributed by atoms with E-state index < -0.39 is 5.43 Å². The van der Waals surface area contributed by atoms with Crippen LogP contribution in [0.2, 0.25) is 0 Å². The van der Waals surface area contributed by atoms with E-state index in [4.69, 9.17) is 16.3 Å². The Kier molecular flexibility index (Phi) is 6.32. The van der Waals surface area contributed by atoms with Gasteiger partial charge in [-0.2, -0.15) is 0 Å². The minimum atomic E-state index is -0.839. The van der Waals surface area contributed by atoms with Gasteiger partial charge in [-0.25, -0.2) is 4.79 Å². The first-order chi connectivity index (χ1) is 6.06. The maximum Gasteiger partial charge on any atom is 0.403 e. The first-order valence-electron chi connectivity index (χ1n) is 4.08. The molecule has 0 saturated heterocycles. The fourth-order valence-electron chi connectivity index (χ4n) is 0.672. The molecule has 0 aromatic rings. The second-order valence-electron chi connectivity index (χ2n) is 2.53. The minimum Gasteiger partial charge on any atom is -0.463 e. The summed E-state index contributed by atoms with van der Waals surface area (Å²) in [4.78, 5) is 20.9. The molecule has 13 heavy (non-hydrogen) atoms. The summed E-state index contributed by atoms with van der Waals surface area (Å²) in [5.74, 6) is -0.260. The summed E-state index contributed by atoms with van der Waals surface area (Å²) in [6, 6.07) is 0. The van der Waals surface area contributed by atoms with Crippen LogP contribution in [-0.4, -0.2) is 24.1 Å². The Bertz CT molecular complexity index is 181. The lowest BCUT2D eigenvalue weighted by Gasteiger charge is -2.11. The van der Waals surface area contributed by atoms with Crippen LogP contribution in [0.3, 0.4) is 0 Å². The van der Waals surface area contributed by atoms with Crippen LogP contribution in [0.1, 0.15) is 26.7 Å². The average molecular weight is 209 g/mol. The van der Waals surface area contributed by atoms with Gasteiger partial charge in [-0.05, 0) is 6.92 Å². The zero-order valence-corrected chi connectivity index (χ0v) is 8.47. The predicted molar refractivity (Wildman–Crippen MR) is 47.7 cm³/mol. The molecule has 1 atom stereocenters. The highest BCUT2D eigenvalue weighted by Crippen LogP contribution is 2.01. The lowest BCUT2D eigenvalue weighted by molar-refractivity contribution is -0.148. The Morgan fingerprint density at radius 1 is 1.46 bits per heavy atom. The predicted octanol–water partition coefficient (Wildman–Crippen LogP) is 2.09. The molecule has 0 aromatic carbocycles. The highest BCUT2D eigenvalue weighted by molar-refractivity contribution is 6.61. The standard InChI is InChI=1S/C8H13ClO4/c1-3-7(10)13-6(2)4-5-12-8(9)11/h6H,3-5H2,1-2H3/t6-/m1/s1. The molecule has 0 saturated carbocycles. The van der Waals surface area contributed by atoms with Gasteiger partial charge in [-0.3, -0.25) is 4.79 Å². The Labute approximate surface area is 82.1 Å². The minimum absolute atomic E-state index is 0.167. The topological polar surface area (TPSA) is 52.6 Å². The Hall–Kier alpha value is -0.770. The van der Waals surface area contributed by atoms with E-state index in [2.05, 4.69) is 4.74 Å². The number of carbonyl (C=O) groups excluding carboxylic acids is 2. The van der Waals surface area contributed by atoms with Crippen molar-refractivity contribution in [3.8, 4) is 0 Å². The van der Waals surface area contributed by atoms with Crippen molar-refractivity contribution in [3.05, 3.63) is 0 Å². The molecule has 0 aliphatic heterocycles. The number of hydrogen-bond acceptors (Lipinski definition) is 4. The number of carbonyl (C=O) groups is 2. The normalized spacial score (nSPS) is 11.9. The summed E-state index contributed by atoms with van der Waals surface area (Å²) < 4.78 is 9.37. The molecule has 0 heterocycles. The van der Waals surface area contributed by atoms with Crippen molar-refractivity contribution in [1.29, 1.82) is 0 Å². The molecule has 0 rings (SSSR count). The maximum atomic E-state index is 10.8. The zero-order chi connectivity index (χ0) is 10.3. The number of rotatable bonds is 5. The van der Waals surface area contributed by atoms with Crippen LogP contribution >= 0.6 is 11.6 Å². The first-order valence-corrected chi connectivity index (χ1v) is 4.45. The van der Waals surface area contributed by atoms with E-state index in [0.29, 0.717) is 12.8 Å². The van der Waals surface area contributed by atoms with Gasteiger partial charge in [0.25, 0.3) is 0 Å². The van der Waals surface area contributed by atoms with Crippen LogP contribution in [-0.2, 0) is 14.3 Å². The van der Waals surface area contributed by atoms with Gasteiger partial charge in [0.15, 0.2) is 0 Å². The number of halogens is 1. The number of esters is 1. The van der Waals surface area contributed by atoms with Crippen molar-refractivity contribution in [2.45, 2.75) is 32.8 Å². The molecular weight excluding hydrogens is 196 g/mol. The van der Waals surface area contributed by atoms with E-state index >= 15 is 0 Å². The summed E-state index contributed by atoms with van der Waals surface area (Å²) >= 11 is 4.93. The van der Waals surface area contributed by atoms with Crippen LogP contribution in [0.25, 0.3) is 0 Å². The third-order valence-corrected chi connectivity index (χ3v) is 1.47. The lowest BCUT2D eigenvalue weighted by atomic mass is 10.3. The Morgan fingerprint density at radius 3 is 2.54 bits per heavy atom. The van der Waals surface area contributed by atoms with Crippen molar-refractivity contribution < 1.29 is 19.1 Å². The molecule has 0 amide bonds. The van der Waals surface area contributed by atoms with Gasteiger partial charge in [-0.15, -0.1) is 0 Å². The third kappa shape index (κ3) is 7.59. The molecule has 0 aliphatic rings. The molecule has 0 spiro atoms. The van der Waals surface area contributed by atoms with Crippen LogP contribution in [0.5, 0.6) is 0 Å². The molecule has 0 aliphatic carbocycles. The fraction of sp³-hybridized carbons (Fsp3) is 0.750. The summed E-state index contributed by atoms with van der Waals surface area (Å²) in [5, 5.41) is 0. The quantitative estimate of drug-likeness (QED) is 0.513. The van der Waals surface area contributed by atoms with Gasteiger partial charge in [0, 0.05) is 24.4 Å². The lowest BCUT2D eigenvalue weighted by Crippen LogP contribution is -2.16. The van der Waals surface area contributed by atoms with E-state index in [0.717, 1.165) is 0 Å². The average Bonchev–Trinajstić information content (AvgIpc) is 2.03. The van der Waals surface area contributed by atoms with E-state index in [1.807, 2.05) is 0 Å². The van der Waals surface area contributed by atoms with Gasteiger partial charge in [0.2, 0.25) is 0 Å². The first kappa shape index (κ1) is 12.2. The monoisotopic (exact) mass is 208 g/mol. The molecular formula is C8H13ClO4. The molecule has 5 heteroatoms.